The van der Waals surface area contributed by atoms with Crippen LogP contribution < -0.4 is 5.32 Å². The lowest BCUT2D eigenvalue weighted by Gasteiger charge is -2.22. The summed E-state index contributed by atoms with van der Waals surface area (Å²) in [7, 11) is 0. The molecule has 0 aliphatic carbocycles. The van der Waals surface area contributed by atoms with Crippen molar-refractivity contribution in [3.05, 3.63) is 76.8 Å². The van der Waals surface area contributed by atoms with Crippen LogP contribution in [0.5, 0.6) is 0 Å². The van der Waals surface area contributed by atoms with E-state index in [1.807, 2.05) is 75.5 Å². The first-order valence-corrected chi connectivity index (χ1v) is 11.9. The maximum atomic E-state index is 12.5. The van der Waals surface area contributed by atoms with Gasteiger partial charge >= 0.3 is 6.09 Å². The van der Waals surface area contributed by atoms with Crippen LogP contribution in [-0.2, 0) is 16.9 Å². The molecule has 0 bridgehead atoms. The first-order chi connectivity index (χ1) is 15.8. The molecule has 0 fully saturated rings. The molecule has 0 saturated carbocycles. The molecule has 2 aromatic carbocycles. The van der Waals surface area contributed by atoms with Gasteiger partial charge in [0, 0.05) is 34.3 Å². The number of nitrogens with zero attached hydrogens (tertiary/aromatic N) is 2. The number of ether oxygens (including phenoxy) is 1. The number of nitrogens with one attached hydrogen (secondary N) is 2. The second kappa shape index (κ2) is 9.89. The van der Waals surface area contributed by atoms with E-state index in [2.05, 4.69) is 20.5 Å². The highest BCUT2D eigenvalue weighted by molar-refractivity contribution is 7.98. The Morgan fingerprint density at radius 1 is 1.21 bits per heavy atom. The molecule has 33 heavy (non-hydrogen) atoms. The Labute approximate surface area is 201 Å². The molecule has 1 amide bonds. The summed E-state index contributed by atoms with van der Waals surface area (Å²) in [6, 6.07) is 15.1. The fraction of sp³-hybridized carbons (Fsp3) is 0.292. The van der Waals surface area contributed by atoms with Crippen molar-refractivity contribution < 1.29 is 13.9 Å². The quantitative estimate of drug-likeness (QED) is 0.299. The van der Waals surface area contributed by atoms with Gasteiger partial charge in [0.2, 0.25) is 5.89 Å². The maximum Gasteiger partial charge on any atom is 0.408 e. The summed E-state index contributed by atoms with van der Waals surface area (Å²) in [6.07, 6.45) is 1.85. The summed E-state index contributed by atoms with van der Waals surface area (Å²) >= 11 is 7.47. The van der Waals surface area contributed by atoms with Gasteiger partial charge in [-0.2, -0.15) is 0 Å². The molecule has 4 aromatic rings. The summed E-state index contributed by atoms with van der Waals surface area (Å²) in [5.41, 5.74) is 2.47. The fourth-order valence-corrected chi connectivity index (χ4v) is 4.29. The van der Waals surface area contributed by atoms with Crippen molar-refractivity contribution in [1.82, 2.24) is 20.5 Å². The van der Waals surface area contributed by atoms with Crippen LogP contribution in [0.3, 0.4) is 0 Å². The Kier molecular flexibility index (Phi) is 6.95. The van der Waals surface area contributed by atoms with Crippen LogP contribution in [0.1, 0.15) is 43.8 Å². The van der Waals surface area contributed by atoms with Gasteiger partial charge in [-0.05, 0) is 50.1 Å². The lowest BCUT2D eigenvalue weighted by Crippen LogP contribution is -2.36. The Morgan fingerprint density at radius 2 is 2.03 bits per heavy atom. The summed E-state index contributed by atoms with van der Waals surface area (Å²) in [5.74, 6) is 0.953. The molecule has 2 aromatic heterocycles. The van der Waals surface area contributed by atoms with Gasteiger partial charge in [-0.3, -0.25) is 0 Å². The van der Waals surface area contributed by atoms with E-state index in [0.717, 1.165) is 22.0 Å². The third kappa shape index (κ3) is 6.30. The molecule has 2 N–H and O–H groups in total. The number of benzene rings is 2. The summed E-state index contributed by atoms with van der Waals surface area (Å²) in [5, 5.41) is 13.4. The van der Waals surface area contributed by atoms with Crippen LogP contribution >= 0.6 is 23.4 Å². The van der Waals surface area contributed by atoms with Crippen molar-refractivity contribution in [2.75, 3.05) is 0 Å². The Balaban J connectivity index is 1.53. The summed E-state index contributed by atoms with van der Waals surface area (Å²) < 4.78 is 11.4. The molecule has 4 rings (SSSR count). The number of aromatic nitrogens is 3. The second-order valence-corrected chi connectivity index (χ2v) is 9.95. The Bertz CT molecular complexity index is 1250. The zero-order valence-electron chi connectivity index (χ0n) is 18.6. The summed E-state index contributed by atoms with van der Waals surface area (Å²) in [4.78, 5) is 15.8. The highest BCUT2D eigenvalue weighted by Gasteiger charge is 2.26. The predicted octanol–water partition coefficient (Wildman–Crippen LogP) is 6.31. The number of fused-ring (bicyclic) bond motifs is 1. The average molecular weight is 485 g/mol. The minimum atomic E-state index is -0.623. The van der Waals surface area contributed by atoms with Gasteiger partial charge < -0.3 is 19.5 Å². The minimum absolute atomic E-state index is 0.319. The molecule has 0 aliphatic rings. The van der Waals surface area contributed by atoms with E-state index in [9.17, 15) is 4.79 Å². The van der Waals surface area contributed by atoms with Gasteiger partial charge in [0.1, 0.15) is 11.6 Å². The van der Waals surface area contributed by atoms with Crippen molar-refractivity contribution in [1.29, 1.82) is 0 Å². The topological polar surface area (TPSA) is 93.0 Å². The predicted molar refractivity (Wildman–Crippen MR) is 129 cm³/mol. The smallest absolute Gasteiger partial charge is 0.408 e. The van der Waals surface area contributed by atoms with Crippen LogP contribution in [0.15, 0.2) is 64.4 Å². The van der Waals surface area contributed by atoms with Crippen LogP contribution in [0.2, 0.25) is 5.02 Å². The molecular weight excluding hydrogens is 460 g/mol. The van der Waals surface area contributed by atoms with Crippen LogP contribution in [-0.4, -0.2) is 26.9 Å². The highest BCUT2D eigenvalue weighted by Crippen LogP contribution is 2.28. The molecule has 0 unspecified atom stereocenters. The molecule has 7 nitrogen and oxygen atoms in total. The number of para-hydroxylation sites is 1. The van der Waals surface area contributed by atoms with E-state index in [1.54, 1.807) is 0 Å². The van der Waals surface area contributed by atoms with Crippen molar-refractivity contribution in [2.45, 2.75) is 49.8 Å². The fourth-order valence-electron chi connectivity index (χ4n) is 3.36. The first kappa shape index (κ1) is 23.2. The number of halogens is 1. The van der Waals surface area contributed by atoms with Crippen molar-refractivity contribution in [3.8, 4) is 0 Å². The number of rotatable bonds is 7. The van der Waals surface area contributed by atoms with E-state index < -0.39 is 17.7 Å². The normalized spacial score (nSPS) is 12.6. The number of carbonyl (C=O) groups is 1. The number of H-pyrrole nitrogens is 1. The Hall–Kier alpha value is -2.97. The molecule has 0 spiro atoms. The molecular formula is C24H25ClN4O3S. The number of carbonyl (C=O) groups excluding carboxylic acids is 1. The number of hydrogen-bond acceptors (Lipinski definition) is 6. The molecule has 172 valence electrons. The average Bonchev–Trinajstić information content (AvgIpc) is 3.38. The zero-order valence-corrected chi connectivity index (χ0v) is 20.2. The van der Waals surface area contributed by atoms with Gasteiger partial charge in [0.15, 0.2) is 0 Å². The van der Waals surface area contributed by atoms with E-state index in [-0.39, 0.29) is 0 Å². The number of hydrogen-bond donors (Lipinski definition) is 2. The lowest BCUT2D eigenvalue weighted by molar-refractivity contribution is 0.0494. The highest BCUT2D eigenvalue weighted by atomic mass is 35.5. The van der Waals surface area contributed by atoms with Crippen LogP contribution in [0, 0.1) is 0 Å². The number of aromatic amines is 1. The van der Waals surface area contributed by atoms with Crippen molar-refractivity contribution in [3.63, 3.8) is 0 Å². The second-order valence-electron chi connectivity index (χ2n) is 8.59. The van der Waals surface area contributed by atoms with Crippen LogP contribution in [0.4, 0.5) is 4.79 Å². The van der Waals surface area contributed by atoms with E-state index in [0.29, 0.717) is 28.3 Å². The summed E-state index contributed by atoms with van der Waals surface area (Å²) in [6.45, 7) is 5.45. The van der Waals surface area contributed by atoms with E-state index in [4.69, 9.17) is 20.8 Å². The molecule has 0 saturated heterocycles. The lowest BCUT2D eigenvalue weighted by atomic mass is 10.1. The first-order valence-electron chi connectivity index (χ1n) is 10.5. The van der Waals surface area contributed by atoms with Gasteiger partial charge in [0.25, 0.3) is 5.22 Å². The third-order valence-corrected chi connectivity index (χ3v) is 5.89. The van der Waals surface area contributed by atoms with E-state index >= 15 is 0 Å². The van der Waals surface area contributed by atoms with Gasteiger partial charge in [-0.15, -0.1) is 10.2 Å². The van der Waals surface area contributed by atoms with Gasteiger partial charge in [-0.25, -0.2) is 4.79 Å². The van der Waals surface area contributed by atoms with Crippen molar-refractivity contribution >= 4 is 40.4 Å². The van der Waals surface area contributed by atoms with Gasteiger partial charge in [-0.1, -0.05) is 53.7 Å². The number of alkyl carbamates (subject to hydrolysis) is 1. The van der Waals surface area contributed by atoms with Crippen molar-refractivity contribution in [2.24, 2.45) is 0 Å². The SMILES string of the molecule is CC(C)(C)OC(=O)N[C@@H](Cc1c[nH]c2ccccc12)c1nnc(SCc2cccc(Cl)c2)o1. The largest absolute Gasteiger partial charge is 0.444 e. The van der Waals surface area contributed by atoms with E-state index in [1.165, 1.54) is 11.8 Å². The standard InChI is InChI=1S/C24H25ClN4O3S/c1-24(2,3)32-22(30)27-20(12-16-13-26-19-10-5-4-9-18(16)19)21-28-29-23(31-21)33-14-15-7-6-8-17(25)11-15/h4-11,13,20,26H,12,14H2,1-3H3,(H,27,30)/t20-/m0/s1. The minimum Gasteiger partial charge on any atom is -0.444 e. The van der Waals surface area contributed by atoms with Crippen LogP contribution in [0.25, 0.3) is 10.9 Å². The molecule has 0 radical (unpaired) electrons. The molecule has 2 heterocycles. The monoisotopic (exact) mass is 484 g/mol. The zero-order chi connectivity index (χ0) is 23.4. The Morgan fingerprint density at radius 3 is 2.82 bits per heavy atom. The maximum absolute atomic E-state index is 12.5. The van der Waals surface area contributed by atoms with Gasteiger partial charge in [0.05, 0.1) is 0 Å². The molecule has 1 atom stereocenters. The number of thioether (sulfide) groups is 1. The molecule has 0 aliphatic heterocycles. The number of amides is 1. The third-order valence-electron chi connectivity index (χ3n) is 4.76. The molecule has 9 heteroatoms.